The van der Waals surface area contributed by atoms with E-state index in [0.29, 0.717) is 22.4 Å². The molecule has 1 aromatic carbocycles. The average Bonchev–Trinajstić information content (AvgIpc) is 3.17. The number of thiophene rings is 1. The van der Waals surface area contributed by atoms with Crippen molar-refractivity contribution in [3.8, 4) is 11.8 Å². The zero-order valence-corrected chi connectivity index (χ0v) is 18.9. The molecule has 9 heteroatoms. The number of thioether (sulfide) groups is 1. The van der Waals surface area contributed by atoms with Gasteiger partial charge in [-0.3, -0.25) is 4.79 Å². The standard InChI is InChI=1S/C22H23N5O2S2/c1-29-16-9-4-3-8-15(16)27(12-6-11-23)18(28)13-30-22-25-20(24)19-14-7-2-5-10-17(14)31-21(19)26-22/h3-4,8-9H,2,5-7,10,12-13H2,1H3,(H2,24,25,26). The molecular formula is C22H23N5O2S2. The molecule has 0 saturated heterocycles. The first-order chi connectivity index (χ1) is 15.1. The van der Waals surface area contributed by atoms with Crippen molar-refractivity contribution in [2.75, 3.05) is 30.0 Å². The van der Waals surface area contributed by atoms with E-state index in [-0.39, 0.29) is 24.6 Å². The largest absolute Gasteiger partial charge is 0.495 e. The molecule has 4 rings (SSSR count). The van der Waals surface area contributed by atoms with Crippen LogP contribution in [0.4, 0.5) is 11.5 Å². The van der Waals surface area contributed by atoms with Crippen molar-refractivity contribution in [3.05, 3.63) is 34.7 Å². The number of hydrogen-bond acceptors (Lipinski definition) is 8. The molecular weight excluding hydrogens is 430 g/mol. The van der Waals surface area contributed by atoms with Crippen LogP contribution in [0.15, 0.2) is 29.4 Å². The Kier molecular flexibility index (Phi) is 6.59. The topological polar surface area (TPSA) is 105 Å². The molecule has 0 saturated carbocycles. The molecule has 3 aromatic rings. The maximum atomic E-state index is 13.1. The molecule has 0 unspecified atom stereocenters. The van der Waals surface area contributed by atoms with Gasteiger partial charge < -0.3 is 15.4 Å². The van der Waals surface area contributed by atoms with Crippen LogP contribution in [0.1, 0.15) is 29.7 Å². The highest BCUT2D eigenvalue weighted by Gasteiger charge is 2.22. The van der Waals surface area contributed by atoms with Gasteiger partial charge in [0, 0.05) is 11.4 Å². The highest BCUT2D eigenvalue weighted by molar-refractivity contribution is 7.99. The van der Waals surface area contributed by atoms with Crippen molar-refractivity contribution < 1.29 is 9.53 Å². The van der Waals surface area contributed by atoms with E-state index in [2.05, 4.69) is 16.0 Å². The van der Waals surface area contributed by atoms with Gasteiger partial charge in [-0.1, -0.05) is 23.9 Å². The summed E-state index contributed by atoms with van der Waals surface area (Å²) in [5, 5.41) is 10.5. The molecule has 2 heterocycles. The molecule has 0 fully saturated rings. The molecule has 0 radical (unpaired) electrons. The van der Waals surface area contributed by atoms with E-state index in [4.69, 9.17) is 15.7 Å². The van der Waals surface area contributed by atoms with Gasteiger partial charge in [0.15, 0.2) is 5.16 Å². The van der Waals surface area contributed by atoms with Gasteiger partial charge in [-0.05, 0) is 43.4 Å². The van der Waals surface area contributed by atoms with Crippen LogP contribution in [0.5, 0.6) is 5.75 Å². The van der Waals surface area contributed by atoms with Crippen LogP contribution in [0.25, 0.3) is 10.2 Å². The molecule has 1 amide bonds. The van der Waals surface area contributed by atoms with Gasteiger partial charge in [-0.15, -0.1) is 11.3 Å². The number of nitriles is 1. The number of nitrogens with zero attached hydrogens (tertiary/aromatic N) is 4. The number of nitrogen functional groups attached to an aromatic ring is 1. The zero-order chi connectivity index (χ0) is 21.8. The molecule has 1 aliphatic carbocycles. The number of fused-ring (bicyclic) bond motifs is 3. The monoisotopic (exact) mass is 453 g/mol. The fourth-order valence-electron chi connectivity index (χ4n) is 3.83. The van der Waals surface area contributed by atoms with Gasteiger partial charge in [0.05, 0.1) is 36.4 Å². The number of ether oxygens (including phenoxy) is 1. The molecule has 31 heavy (non-hydrogen) atoms. The van der Waals surface area contributed by atoms with Crippen molar-refractivity contribution in [2.24, 2.45) is 0 Å². The van der Waals surface area contributed by atoms with Gasteiger partial charge >= 0.3 is 0 Å². The molecule has 0 bridgehead atoms. The molecule has 2 aromatic heterocycles. The van der Waals surface area contributed by atoms with Crippen LogP contribution in [-0.2, 0) is 17.6 Å². The SMILES string of the molecule is COc1ccccc1N(CCC#N)C(=O)CSc1nc(N)c2c3c(sc2n1)CCCC3. The van der Waals surface area contributed by atoms with Gasteiger partial charge in [0.25, 0.3) is 0 Å². The summed E-state index contributed by atoms with van der Waals surface area (Å²) in [4.78, 5) is 26.1. The Bertz CT molecular complexity index is 1150. The normalized spacial score (nSPS) is 12.9. The summed E-state index contributed by atoms with van der Waals surface area (Å²) in [7, 11) is 1.56. The number of hydrogen-bond donors (Lipinski definition) is 1. The smallest absolute Gasteiger partial charge is 0.237 e. The molecule has 0 atom stereocenters. The van der Waals surface area contributed by atoms with Gasteiger partial charge in [-0.25, -0.2) is 9.97 Å². The van der Waals surface area contributed by atoms with E-state index in [9.17, 15) is 4.79 Å². The van der Waals surface area contributed by atoms with E-state index < -0.39 is 0 Å². The number of para-hydroxylation sites is 2. The second-order valence-electron chi connectivity index (χ2n) is 7.20. The van der Waals surface area contributed by atoms with E-state index in [1.165, 1.54) is 35.0 Å². The van der Waals surface area contributed by atoms with Gasteiger partial charge in [0.2, 0.25) is 5.91 Å². The zero-order valence-electron chi connectivity index (χ0n) is 17.3. The maximum Gasteiger partial charge on any atom is 0.237 e. The lowest BCUT2D eigenvalue weighted by atomic mass is 9.97. The number of rotatable bonds is 7. The molecule has 0 aliphatic heterocycles. The fourth-order valence-corrected chi connectivity index (χ4v) is 5.88. The van der Waals surface area contributed by atoms with Gasteiger partial charge in [-0.2, -0.15) is 5.26 Å². The minimum Gasteiger partial charge on any atom is -0.495 e. The summed E-state index contributed by atoms with van der Waals surface area (Å²) in [5.41, 5.74) is 8.23. The quantitative estimate of drug-likeness (QED) is 0.422. The van der Waals surface area contributed by atoms with E-state index in [0.717, 1.165) is 23.1 Å². The second kappa shape index (κ2) is 9.54. The Morgan fingerprint density at radius 3 is 2.94 bits per heavy atom. The number of aryl methyl sites for hydroxylation is 2. The number of aromatic nitrogens is 2. The molecule has 1 aliphatic rings. The van der Waals surface area contributed by atoms with Crippen LogP contribution in [0, 0.1) is 11.3 Å². The Balaban J connectivity index is 1.54. The lowest BCUT2D eigenvalue weighted by Gasteiger charge is -2.23. The summed E-state index contributed by atoms with van der Waals surface area (Å²) >= 11 is 2.95. The predicted octanol–water partition coefficient (Wildman–Crippen LogP) is 4.20. The van der Waals surface area contributed by atoms with Crippen LogP contribution >= 0.6 is 23.1 Å². The van der Waals surface area contributed by atoms with E-state index >= 15 is 0 Å². The third kappa shape index (κ3) is 4.45. The van der Waals surface area contributed by atoms with Crippen LogP contribution < -0.4 is 15.4 Å². The van der Waals surface area contributed by atoms with Crippen molar-refractivity contribution in [1.82, 2.24) is 9.97 Å². The third-order valence-electron chi connectivity index (χ3n) is 5.27. The summed E-state index contributed by atoms with van der Waals surface area (Å²) in [5.74, 6) is 1.08. The fraction of sp³-hybridized carbons (Fsp3) is 0.364. The Morgan fingerprint density at radius 2 is 2.13 bits per heavy atom. The first kappa shape index (κ1) is 21.4. The van der Waals surface area contributed by atoms with E-state index in [1.807, 2.05) is 18.2 Å². The number of carbonyl (C=O) groups excluding carboxylic acids is 1. The van der Waals surface area contributed by atoms with Crippen LogP contribution in [-0.4, -0.2) is 35.3 Å². The first-order valence-corrected chi connectivity index (χ1v) is 11.9. The number of amides is 1. The summed E-state index contributed by atoms with van der Waals surface area (Å²) in [6.07, 6.45) is 4.70. The van der Waals surface area contributed by atoms with Crippen molar-refractivity contribution in [3.63, 3.8) is 0 Å². The Labute approximate surface area is 189 Å². The minimum atomic E-state index is -0.141. The first-order valence-electron chi connectivity index (χ1n) is 10.1. The molecule has 7 nitrogen and oxygen atoms in total. The third-order valence-corrected chi connectivity index (χ3v) is 7.29. The van der Waals surface area contributed by atoms with Crippen LogP contribution in [0.3, 0.4) is 0 Å². The number of carbonyl (C=O) groups is 1. The number of methoxy groups -OCH3 is 1. The van der Waals surface area contributed by atoms with Gasteiger partial charge in [0.1, 0.15) is 16.4 Å². The second-order valence-corrected chi connectivity index (χ2v) is 9.22. The van der Waals surface area contributed by atoms with E-state index in [1.54, 1.807) is 29.4 Å². The highest BCUT2D eigenvalue weighted by Crippen LogP contribution is 2.38. The maximum absolute atomic E-state index is 13.1. The van der Waals surface area contributed by atoms with Crippen LogP contribution in [0.2, 0.25) is 0 Å². The van der Waals surface area contributed by atoms with Crippen molar-refractivity contribution >= 4 is 50.7 Å². The van der Waals surface area contributed by atoms with Crippen molar-refractivity contribution in [1.29, 1.82) is 5.26 Å². The lowest BCUT2D eigenvalue weighted by Crippen LogP contribution is -2.33. The summed E-state index contributed by atoms with van der Waals surface area (Å²) in [6, 6.07) is 9.40. The summed E-state index contributed by atoms with van der Waals surface area (Å²) < 4.78 is 5.40. The molecule has 0 spiro atoms. The summed E-state index contributed by atoms with van der Waals surface area (Å²) in [6.45, 7) is 0.288. The Morgan fingerprint density at radius 1 is 1.32 bits per heavy atom. The molecule has 160 valence electrons. The van der Waals surface area contributed by atoms with Crippen molar-refractivity contribution in [2.45, 2.75) is 37.3 Å². The predicted molar refractivity (Wildman–Crippen MR) is 125 cm³/mol. The molecule has 2 N–H and O–H groups in total. The lowest BCUT2D eigenvalue weighted by molar-refractivity contribution is -0.116. The average molecular weight is 454 g/mol. The number of nitrogens with two attached hydrogens (primary N) is 1. The highest BCUT2D eigenvalue weighted by atomic mass is 32.2. The Hall–Kier alpha value is -2.83. The number of benzene rings is 1. The minimum absolute atomic E-state index is 0.138. The number of anilines is 2.